The first-order chi connectivity index (χ1) is 10.6. The summed E-state index contributed by atoms with van der Waals surface area (Å²) < 4.78 is 4.91. The average Bonchev–Trinajstić information content (AvgIpc) is 3.00. The molecule has 0 aliphatic carbocycles. The molecule has 0 saturated carbocycles. The number of ether oxygens (including phenoxy) is 1. The van der Waals surface area contributed by atoms with Crippen molar-refractivity contribution in [1.29, 1.82) is 0 Å². The summed E-state index contributed by atoms with van der Waals surface area (Å²) in [7, 11) is 1.37. The fourth-order valence-electron chi connectivity index (χ4n) is 2.75. The second kappa shape index (κ2) is 5.40. The third kappa shape index (κ3) is 2.13. The highest BCUT2D eigenvalue weighted by molar-refractivity contribution is 6.11. The molecule has 1 aliphatic heterocycles. The normalized spacial score (nSPS) is 20.8. The zero-order valence-corrected chi connectivity index (χ0v) is 12.9. The van der Waals surface area contributed by atoms with Crippen LogP contribution in [-0.4, -0.2) is 29.4 Å². The number of pyridine rings is 1. The zero-order chi connectivity index (χ0) is 15.7. The number of benzene rings is 1. The Hall–Kier alpha value is -2.43. The average molecular weight is 298 g/mol. The van der Waals surface area contributed by atoms with E-state index >= 15 is 0 Å². The van der Waals surface area contributed by atoms with Crippen LogP contribution in [0.2, 0.25) is 0 Å². The van der Waals surface area contributed by atoms with Gasteiger partial charge in [0.25, 0.3) is 0 Å². The number of oxime groups is 1. The molecule has 1 unspecified atom stereocenters. The lowest BCUT2D eigenvalue weighted by molar-refractivity contribution is -0.172. The van der Waals surface area contributed by atoms with E-state index in [9.17, 15) is 4.79 Å². The molecule has 114 valence electrons. The number of aromatic nitrogens is 1. The zero-order valence-electron chi connectivity index (χ0n) is 12.9. The second-order valence-electron chi connectivity index (χ2n) is 5.72. The summed E-state index contributed by atoms with van der Waals surface area (Å²) in [6.45, 7) is 3.85. The van der Waals surface area contributed by atoms with E-state index in [1.807, 2.05) is 44.2 Å². The van der Waals surface area contributed by atoms with Crippen molar-refractivity contribution >= 4 is 22.5 Å². The molecule has 5 nitrogen and oxygen atoms in total. The van der Waals surface area contributed by atoms with Gasteiger partial charge in [0.15, 0.2) is 0 Å². The summed E-state index contributed by atoms with van der Waals surface area (Å²) in [6, 6.07) is 9.90. The van der Waals surface area contributed by atoms with Gasteiger partial charge in [-0.25, -0.2) is 4.79 Å². The van der Waals surface area contributed by atoms with E-state index in [4.69, 9.17) is 9.57 Å². The lowest BCUT2D eigenvalue weighted by Gasteiger charge is -2.27. The third-order valence-electron chi connectivity index (χ3n) is 4.16. The van der Waals surface area contributed by atoms with Gasteiger partial charge in [0.05, 0.1) is 12.8 Å². The van der Waals surface area contributed by atoms with Crippen LogP contribution in [0.1, 0.15) is 26.0 Å². The summed E-state index contributed by atoms with van der Waals surface area (Å²) in [5.74, 6) is -0.460. The van der Waals surface area contributed by atoms with Gasteiger partial charge in [-0.2, -0.15) is 0 Å². The maximum Gasteiger partial charge on any atom is 0.353 e. The van der Waals surface area contributed by atoms with Gasteiger partial charge in [-0.1, -0.05) is 43.3 Å². The minimum Gasteiger partial charge on any atom is -0.466 e. The van der Waals surface area contributed by atoms with Gasteiger partial charge in [-0.05, 0) is 11.5 Å². The predicted molar refractivity (Wildman–Crippen MR) is 83.6 cm³/mol. The highest BCUT2D eigenvalue weighted by Crippen LogP contribution is 2.35. The number of esters is 1. The fraction of sp³-hybridized carbons (Fsp3) is 0.353. The van der Waals surface area contributed by atoms with Crippen LogP contribution in [0.3, 0.4) is 0 Å². The van der Waals surface area contributed by atoms with E-state index in [0.29, 0.717) is 12.1 Å². The Labute approximate surface area is 128 Å². The van der Waals surface area contributed by atoms with Crippen molar-refractivity contribution in [1.82, 2.24) is 4.98 Å². The van der Waals surface area contributed by atoms with Crippen LogP contribution in [0.4, 0.5) is 0 Å². The molecular formula is C17H18N2O3. The van der Waals surface area contributed by atoms with E-state index in [1.54, 1.807) is 6.20 Å². The molecule has 1 atom stereocenters. The summed E-state index contributed by atoms with van der Waals surface area (Å²) in [4.78, 5) is 22.2. The first kappa shape index (κ1) is 14.5. The van der Waals surface area contributed by atoms with Crippen LogP contribution in [0, 0.1) is 5.92 Å². The Morgan fingerprint density at radius 3 is 2.82 bits per heavy atom. The molecule has 0 spiro atoms. The number of rotatable bonds is 3. The molecule has 5 heteroatoms. The van der Waals surface area contributed by atoms with Gasteiger partial charge >= 0.3 is 5.97 Å². The minimum absolute atomic E-state index is 0.0591. The first-order valence-electron chi connectivity index (χ1n) is 7.26. The summed E-state index contributed by atoms with van der Waals surface area (Å²) >= 11 is 0. The molecule has 0 saturated heterocycles. The number of hydrogen-bond donors (Lipinski definition) is 0. The second-order valence-corrected chi connectivity index (χ2v) is 5.72. The standard InChI is InChI=1S/C17H18N2O3/c1-11(2)17(16(20)21-3)10-14(19-22-17)15-13-7-5-4-6-12(13)8-9-18-15/h4-9,11H,10H2,1-3H3. The molecule has 0 fully saturated rings. The van der Waals surface area contributed by atoms with E-state index in [0.717, 1.165) is 16.5 Å². The van der Waals surface area contributed by atoms with Crippen molar-refractivity contribution in [3.63, 3.8) is 0 Å². The quantitative estimate of drug-likeness (QED) is 0.817. The monoisotopic (exact) mass is 298 g/mol. The summed E-state index contributed by atoms with van der Waals surface area (Å²) in [6.07, 6.45) is 2.10. The molecule has 0 bridgehead atoms. The fourth-order valence-corrected chi connectivity index (χ4v) is 2.75. The Balaban J connectivity index is 2.02. The first-order valence-corrected chi connectivity index (χ1v) is 7.26. The molecule has 0 radical (unpaired) electrons. The number of nitrogens with zero attached hydrogens (tertiary/aromatic N) is 2. The molecule has 0 N–H and O–H groups in total. The van der Waals surface area contributed by atoms with Crippen molar-refractivity contribution in [2.24, 2.45) is 11.1 Å². The van der Waals surface area contributed by atoms with Gasteiger partial charge in [0, 0.05) is 23.9 Å². The van der Waals surface area contributed by atoms with Crippen molar-refractivity contribution < 1.29 is 14.4 Å². The lowest BCUT2D eigenvalue weighted by Crippen LogP contribution is -2.45. The van der Waals surface area contributed by atoms with Crippen molar-refractivity contribution in [2.75, 3.05) is 7.11 Å². The predicted octanol–water partition coefficient (Wildman–Crippen LogP) is 2.93. The third-order valence-corrected chi connectivity index (χ3v) is 4.16. The Bertz CT molecular complexity index is 749. The van der Waals surface area contributed by atoms with E-state index in [-0.39, 0.29) is 5.92 Å². The van der Waals surface area contributed by atoms with Crippen LogP contribution >= 0.6 is 0 Å². The van der Waals surface area contributed by atoms with Gasteiger partial charge in [0.1, 0.15) is 5.71 Å². The Morgan fingerprint density at radius 2 is 2.09 bits per heavy atom. The van der Waals surface area contributed by atoms with Crippen molar-refractivity contribution in [3.05, 3.63) is 42.2 Å². The van der Waals surface area contributed by atoms with Crippen LogP contribution in [0.5, 0.6) is 0 Å². The highest BCUT2D eigenvalue weighted by Gasteiger charge is 2.51. The SMILES string of the molecule is COC(=O)C1(C(C)C)CC(c2nccc3ccccc23)=NO1. The Morgan fingerprint density at radius 1 is 1.32 bits per heavy atom. The van der Waals surface area contributed by atoms with E-state index in [2.05, 4.69) is 10.1 Å². The smallest absolute Gasteiger partial charge is 0.353 e. The molecule has 2 heterocycles. The van der Waals surface area contributed by atoms with Crippen LogP contribution in [-0.2, 0) is 14.4 Å². The molecule has 1 aliphatic rings. The van der Waals surface area contributed by atoms with E-state index in [1.165, 1.54) is 7.11 Å². The van der Waals surface area contributed by atoms with Crippen molar-refractivity contribution in [3.8, 4) is 0 Å². The van der Waals surface area contributed by atoms with Crippen LogP contribution in [0.25, 0.3) is 10.8 Å². The van der Waals surface area contributed by atoms with Gasteiger partial charge in [-0.3, -0.25) is 4.98 Å². The van der Waals surface area contributed by atoms with Gasteiger partial charge < -0.3 is 9.57 Å². The molecule has 0 amide bonds. The van der Waals surface area contributed by atoms with E-state index < -0.39 is 11.6 Å². The van der Waals surface area contributed by atoms with Crippen LogP contribution in [0.15, 0.2) is 41.7 Å². The Kier molecular flexibility index (Phi) is 3.56. The number of fused-ring (bicyclic) bond motifs is 1. The van der Waals surface area contributed by atoms with Crippen LogP contribution < -0.4 is 0 Å². The van der Waals surface area contributed by atoms with Gasteiger partial charge in [-0.15, -0.1) is 0 Å². The van der Waals surface area contributed by atoms with Gasteiger partial charge in [0.2, 0.25) is 5.60 Å². The topological polar surface area (TPSA) is 60.8 Å². The molecule has 2 aromatic rings. The largest absolute Gasteiger partial charge is 0.466 e. The number of hydrogen-bond acceptors (Lipinski definition) is 5. The maximum atomic E-state index is 12.2. The lowest BCUT2D eigenvalue weighted by atomic mass is 9.85. The molecule has 1 aromatic heterocycles. The molecule has 1 aromatic carbocycles. The van der Waals surface area contributed by atoms with Crippen molar-refractivity contribution in [2.45, 2.75) is 25.9 Å². The number of methoxy groups -OCH3 is 1. The number of carbonyl (C=O) groups is 1. The number of carbonyl (C=O) groups excluding carboxylic acids is 1. The summed E-state index contributed by atoms with van der Waals surface area (Å²) in [5.41, 5.74) is 0.364. The molecule has 3 rings (SSSR count). The maximum absolute atomic E-state index is 12.2. The molecule has 22 heavy (non-hydrogen) atoms. The summed E-state index contributed by atoms with van der Waals surface area (Å²) in [5, 5.41) is 6.23. The minimum atomic E-state index is -1.07. The molecular weight excluding hydrogens is 280 g/mol. The highest BCUT2D eigenvalue weighted by atomic mass is 16.7.